The summed E-state index contributed by atoms with van der Waals surface area (Å²) in [5.41, 5.74) is 9.95. The zero-order valence-corrected chi connectivity index (χ0v) is 15.6. The van der Waals surface area contributed by atoms with Gasteiger partial charge in [-0.1, -0.05) is 43.0 Å². The van der Waals surface area contributed by atoms with Crippen LogP contribution >= 0.6 is 0 Å². The maximum absolute atomic E-state index is 12.8. The summed E-state index contributed by atoms with van der Waals surface area (Å²) in [6.45, 7) is 4.23. The van der Waals surface area contributed by atoms with Gasteiger partial charge in [0.05, 0.1) is 17.8 Å². The number of aromatic nitrogens is 2. The van der Waals surface area contributed by atoms with Crippen LogP contribution in [0, 0.1) is 0 Å². The highest BCUT2D eigenvalue weighted by atomic mass is 16.2. The van der Waals surface area contributed by atoms with Crippen LogP contribution in [0.15, 0.2) is 66.7 Å². The van der Waals surface area contributed by atoms with Crippen molar-refractivity contribution in [2.45, 2.75) is 6.54 Å². The quantitative estimate of drug-likeness (QED) is 0.530. The zero-order chi connectivity index (χ0) is 20.1. The monoisotopic (exact) mass is 382 g/mol. The molecule has 2 amide bonds. The molecule has 0 fully saturated rings. The Labute approximate surface area is 166 Å². The molecule has 6 heteroatoms. The number of carbonyl (C=O) groups is 2. The van der Waals surface area contributed by atoms with Crippen LogP contribution in [0.2, 0.25) is 0 Å². The van der Waals surface area contributed by atoms with E-state index in [0.717, 1.165) is 38.5 Å². The van der Waals surface area contributed by atoms with E-state index in [0.29, 0.717) is 12.1 Å². The number of benzene rings is 3. The molecular weight excluding hydrogens is 364 g/mol. The third kappa shape index (κ3) is 2.69. The van der Waals surface area contributed by atoms with Gasteiger partial charge < -0.3 is 10.6 Å². The highest BCUT2D eigenvalue weighted by molar-refractivity contribution is 6.06. The molecule has 0 atom stereocenters. The van der Waals surface area contributed by atoms with Gasteiger partial charge in [-0.25, -0.2) is 0 Å². The van der Waals surface area contributed by atoms with Crippen molar-refractivity contribution < 1.29 is 9.59 Å². The molecule has 3 N–H and O–H groups in total. The first kappa shape index (κ1) is 17.2. The molecule has 142 valence electrons. The lowest BCUT2D eigenvalue weighted by atomic mass is 9.97. The Hall–Kier alpha value is -3.93. The predicted molar refractivity (Wildman–Crippen MR) is 112 cm³/mol. The fourth-order valence-corrected chi connectivity index (χ4v) is 3.95. The van der Waals surface area contributed by atoms with Crippen LogP contribution in [0.25, 0.3) is 32.9 Å². The van der Waals surface area contributed by atoms with Gasteiger partial charge in [-0.05, 0) is 34.5 Å². The largest absolute Gasteiger partial charge is 0.366 e. The highest BCUT2D eigenvalue weighted by Gasteiger charge is 2.29. The number of rotatable bonds is 4. The van der Waals surface area contributed by atoms with Crippen LogP contribution in [0.4, 0.5) is 0 Å². The van der Waals surface area contributed by atoms with E-state index in [4.69, 9.17) is 5.73 Å². The van der Waals surface area contributed by atoms with Gasteiger partial charge in [-0.3, -0.25) is 14.7 Å². The SMILES string of the molecule is C=C(CN1Cc2c(ccc3ccc(-c4n[nH]c5ccccc45)cc23)C1=O)C(N)=O. The minimum absolute atomic E-state index is 0.111. The number of carbonyl (C=O) groups excluding carboxylic acids is 2. The van der Waals surface area contributed by atoms with Gasteiger partial charge in [-0.15, -0.1) is 0 Å². The smallest absolute Gasteiger partial charge is 0.254 e. The van der Waals surface area contributed by atoms with E-state index in [2.05, 4.69) is 22.8 Å². The third-order valence-electron chi connectivity index (χ3n) is 5.47. The molecule has 3 aromatic carbocycles. The normalized spacial score (nSPS) is 13.2. The molecule has 0 aliphatic carbocycles. The van der Waals surface area contributed by atoms with E-state index in [-0.39, 0.29) is 18.0 Å². The number of nitrogens with one attached hydrogen (secondary N) is 1. The Bertz CT molecular complexity index is 1340. The van der Waals surface area contributed by atoms with E-state index in [1.807, 2.05) is 48.5 Å². The average molecular weight is 382 g/mol. The van der Waals surface area contributed by atoms with E-state index in [9.17, 15) is 9.59 Å². The fraction of sp³-hybridized carbons (Fsp3) is 0.0870. The van der Waals surface area contributed by atoms with Crippen LogP contribution < -0.4 is 5.73 Å². The number of aromatic amines is 1. The van der Waals surface area contributed by atoms with Crippen molar-refractivity contribution in [3.8, 4) is 11.3 Å². The first-order chi connectivity index (χ1) is 14.0. The Balaban J connectivity index is 1.61. The molecule has 0 unspecified atom stereocenters. The van der Waals surface area contributed by atoms with Crippen LogP contribution in [-0.4, -0.2) is 33.5 Å². The standard InChI is InChI=1S/C23H18N4O2/c1-13(22(24)28)11-27-12-19-16(23(27)29)9-8-14-6-7-15(10-18(14)19)21-17-4-2-3-5-20(17)25-26-21/h2-10H,1,11-12H2,(H2,24,28)(H,25,26). The molecule has 1 aromatic heterocycles. The molecule has 1 aliphatic heterocycles. The number of primary amides is 1. The number of hydrogen-bond donors (Lipinski definition) is 2. The van der Waals surface area contributed by atoms with Crippen molar-refractivity contribution in [1.82, 2.24) is 15.1 Å². The number of hydrogen-bond acceptors (Lipinski definition) is 3. The first-order valence-electron chi connectivity index (χ1n) is 9.29. The molecule has 1 aliphatic rings. The molecule has 0 bridgehead atoms. The minimum Gasteiger partial charge on any atom is -0.366 e. The lowest BCUT2D eigenvalue weighted by Crippen LogP contribution is -2.30. The van der Waals surface area contributed by atoms with Gasteiger partial charge >= 0.3 is 0 Å². The average Bonchev–Trinajstić information content (AvgIpc) is 3.29. The third-order valence-corrected chi connectivity index (χ3v) is 5.47. The van der Waals surface area contributed by atoms with Crippen LogP contribution in [0.1, 0.15) is 15.9 Å². The number of amides is 2. The summed E-state index contributed by atoms with van der Waals surface area (Å²) in [7, 11) is 0. The van der Waals surface area contributed by atoms with Gasteiger partial charge in [-0.2, -0.15) is 5.10 Å². The summed E-state index contributed by atoms with van der Waals surface area (Å²) in [5.74, 6) is -0.703. The molecule has 29 heavy (non-hydrogen) atoms. The number of H-pyrrole nitrogens is 1. The van der Waals surface area contributed by atoms with Crippen molar-refractivity contribution in [2.24, 2.45) is 5.73 Å². The molecule has 6 nitrogen and oxygen atoms in total. The molecular formula is C23H18N4O2. The lowest BCUT2D eigenvalue weighted by molar-refractivity contribution is -0.114. The molecule has 0 radical (unpaired) electrons. The van der Waals surface area contributed by atoms with Gasteiger partial charge in [0.2, 0.25) is 5.91 Å². The maximum Gasteiger partial charge on any atom is 0.254 e. The van der Waals surface area contributed by atoms with E-state index < -0.39 is 5.91 Å². The van der Waals surface area contributed by atoms with Crippen molar-refractivity contribution >= 4 is 33.5 Å². The molecule has 4 aromatic rings. The zero-order valence-electron chi connectivity index (χ0n) is 15.6. The summed E-state index contributed by atoms with van der Waals surface area (Å²) in [6.07, 6.45) is 0. The van der Waals surface area contributed by atoms with Gasteiger partial charge in [0, 0.05) is 28.6 Å². The minimum atomic E-state index is -0.591. The summed E-state index contributed by atoms with van der Waals surface area (Å²) >= 11 is 0. The topological polar surface area (TPSA) is 92.1 Å². The second-order valence-corrected chi connectivity index (χ2v) is 7.27. The molecule has 0 saturated carbocycles. The van der Waals surface area contributed by atoms with Crippen molar-refractivity contribution in [3.63, 3.8) is 0 Å². The number of nitrogens with zero attached hydrogens (tertiary/aromatic N) is 2. The Morgan fingerprint density at radius 2 is 1.93 bits per heavy atom. The van der Waals surface area contributed by atoms with E-state index in [1.165, 1.54) is 0 Å². The van der Waals surface area contributed by atoms with Gasteiger partial charge in [0.15, 0.2) is 0 Å². The second-order valence-electron chi connectivity index (χ2n) is 7.27. The Morgan fingerprint density at radius 3 is 2.76 bits per heavy atom. The molecule has 0 spiro atoms. The summed E-state index contributed by atoms with van der Waals surface area (Å²) in [4.78, 5) is 25.7. The van der Waals surface area contributed by atoms with Gasteiger partial charge in [0.25, 0.3) is 5.91 Å². The number of para-hydroxylation sites is 1. The highest BCUT2D eigenvalue weighted by Crippen LogP contribution is 2.34. The maximum atomic E-state index is 12.8. The molecule has 0 saturated heterocycles. The Morgan fingerprint density at radius 1 is 1.14 bits per heavy atom. The predicted octanol–water partition coefficient (Wildman–Crippen LogP) is 3.38. The summed E-state index contributed by atoms with van der Waals surface area (Å²) in [5, 5.41) is 10.7. The van der Waals surface area contributed by atoms with Crippen LogP contribution in [0.3, 0.4) is 0 Å². The second kappa shape index (κ2) is 6.31. The van der Waals surface area contributed by atoms with Crippen molar-refractivity contribution in [1.29, 1.82) is 0 Å². The lowest BCUT2D eigenvalue weighted by Gasteiger charge is -2.15. The number of fused-ring (bicyclic) bond motifs is 4. The molecule has 2 heterocycles. The Kier molecular flexibility index (Phi) is 3.74. The van der Waals surface area contributed by atoms with Crippen molar-refractivity contribution in [2.75, 3.05) is 6.54 Å². The van der Waals surface area contributed by atoms with Crippen LogP contribution in [0.5, 0.6) is 0 Å². The summed E-state index contributed by atoms with van der Waals surface area (Å²) in [6, 6.07) is 17.9. The van der Waals surface area contributed by atoms with E-state index >= 15 is 0 Å². The number of nitrogens with two attached hydrogens (primary N) is 1. The van der Waals surface area contributed by atoms with Crippen LogP contribution in [-0.2, 0) is 11.3 Å². The summed E-state index contributed by atoms with van der Waals surface area (Å²) < 4.78 is 0. The van der Waals surface area contributed by atoms with Gasteiger partial charge in [0.1, 0.15) is 0 Å². The molecule has 5 rings (SSSR count). The fourth-order valence-electron chi connectivity index (χ4n) is 3.95. The first-order valence-corrected chi connectivity index (χ1v) is 9.29. The van der Waals surface area contributed by atoms with Crippen molar-refractivity contribution in [3.05, 3.63) is 77.9 Å². The van der Waals surface area contributed by atoms with E-state index in [1.54, 1.807) is 4.90 Å².